The van der Waals surface area contributed by atoms with Crippen LogP contribution in [0.1, 0.15) is 66.9 Å². The fourth-order valence-corrected chi connectivity index (χ4v) is 3.49. The van der Waals surface area contributed by atoms with E-state index in [1.165, 1.54) is 0 Å². The van der Waals surface area contributed by atoms with Gasteiger partial charge >= 0.3 is 5.97 Å². The van der Waals surface area contributed by atoms with Gasteiger partial charge in [0.25, 0.3) is 0 Å². The number of carbonyl (C=O) groups is 1. The van der Waals surface area contributed by atoms with E-state index >= 15 is 0 Å². The van der Waals surface area contributed by atoms with Crippen molar-refractivity contribution in [2.75, 3.05) is 25.1 Å². The first-order chi connectivity index (χ1) is 16.1. The van der Waals surface area contributed by atoms with E-state index < -0.39 is 5.41 Å². The van der Waals surface area contributed by atoms with E-state index in [-0.39, 0.29) is 11.4 Å². The molecule has 0 radical (unpaired) electrons. The standard InChI is InChI=1S/C26H34N4O2.C2H6/c1-7-25(2,3)19-26(4,5)24(31)32-17-16-30(6)23-14-12-22(13-15-23)29-28-21-10-8-20(18-27)9-11-21;1-2/h8-15H,7,16-17,19H2,1-6H3;1-2H3. The third kappa shape index (κ3) is 9.35. The van der Waals surface area contributed by atoms with Crippen molar-refractivity contribution in [1.82, 2.24) is 0 Å². The molecule has 2 aromatic rings. The van der Waals surface area contributed by atoms with Crippen LogP contribution in [0, 0.1) is 22.2 Å². The highest BCUT2D eigenvalue weighted by Gasteiger charge is 2.35. The highest BCUT2D eigenvalue weighted by molar-refractivity contribution is 5.76. The summed E-state index contributed by atoms with van der Waals surface area (Å²) in [6.45, 7) is 15.4. The lowest BCUT2D eigenvalue weighted by Gasteiger charge is -2.32. The number of esters is 1. The van der Waals surface area contributed by atoms with Crippen LogP contribution in [0.3, 0.4) is 0 Å². The fraction of sp³-hybridized carbons (Fsp3) is 0.500. The van der Waals surface area contributed by atoms with Crippen LogP contribution in [0.15, 0.2) is 58.8 Å². The van der Waals surface area contributed by atoms with Crippen LogP contribution in [0.4, 0.5) is 17.1 Å². The summed E-state index contributed by atoms with van der Waals surface area (Å²) in [5.74, 6) is -0.147. The van der Waals surface area contributed by atoms with Gasteiger partial charge in [-0.15, -0.1) is 0 Å². The second-order valence-electron chi connectivity index (χ2n) is 9.51. The second kappa shape index (κ2) is 13.5. The van der Waals surface area contributed by atoms with Crippen molar-refractivity contribution >= 4 is 23.0 Å². The third-order valence-electron chi connectivity index (χ3n) is 5.66. The smallest absolute Gasteiger partial charge is 0.311 e. The summed E-state index contributed by atoms with van der Waals surface area (Å²) < 4.78 is 5.58. The zero-order valence-electron chi connectivity index (χ0n) is 22.1. The van der Waals surface area contributed by atoms with Crippen molar-refractivity contribution < 1.29 is 9.53 Å². The number of nitrogens with zero attached hydrogens (tertiary/aromatic N) is 4. The molecule has 6 heteroatoms. The summed E-state index contributed by atoms with van der Waals surface area (Å²) >= 11 is 0. The van der Waals surface area contributed by atoms with E-state index in [0.29, 0.717) is 24.4 Å². The number of hydrogen-bond acceptors (Lipinski definition) is 6. The van der Waals surface area contributed by atoms with Crippen molar-refractivity contribution in [2.45, 2.75) is 61.3 Å². The Morgan fingerprint density at radius 1 is 0.971 bits per heavy atom. The predicted octanol–water partition coefficient (Wildman–Crippen LogP) is 7.83. The molecule has 34 heavy (non-hydrogen) atoms. The maximum absolute atomic E-state index is 12.6. The molecule has 0 heterocycles. The number of rotatable bonds is 10. The van der Waals surface area contributed by atoms with Gasteiger partial charge in [-0.25, -0.2) is 0 Å². The van der Waals surface area contributed by atoms with E-state index in [2.05, 4.69) is 37.1 Å². The van der Waals surface area contributed by atoms with Crippen molar-refractivity contribution in [3.05, 3.63) is 54.1 Å². The van der Waals surface area contributed by atoms with Gasteiger partial charge in [-0.05, 0) is 74.2 Å². The molecule has 0 fully saturated rings. The van der Waals surface area contributed by atoms with Gasteiger partial charge in [0.2, 0.25) is 0 Å². The summed E-state index contributed by atoms with van der Waals surface area (Å²) in [5, 5.41) is 17.3. The number of anilines is 1. The third-order valence-corrected chi connectivity index (χ3v) is 5.66. The van der Waals surface area contributed by atoms with Crippen LogP contribution < -0.4 is 4.90 Å². The number of likely N-dealkylation sites (N-methyl/N-ethyl adjacent to an activating group) is 1. The van der Waals surface area contributed by atoms with Gasteiger partial charge in [0.1, 0.15) is 6.61 Å². The minimum Gasteiger partial charge on any atom is -0.463 e. The first-order valence-electron chi connectivity index (χ1n) is 12.0. The van der Waals surface area contributed by atoms with E-state index in [9.17, 15) is 4.79 Å². The Morgan fingerprint density at radius 3 is 1.94 bits per heavy atom. The Kier molecular flexibility index (Phi) is 11.4. The maximum atomic E-state index is 12.6. The molecule has 0 N–H and O–H groups in total. The van der Waals surface area contributed by atoms with Gasteiger partial charge in [-0.3, -0.25) is 4.79 Å². The number of azo groups is 1. The Hall–Kier alpha value is -3.20. The quantitative estimate of drug-likeness (QED) is 0.265. The van der Waals surface area contributed by atoms with Crippen LogP contribution in [0.25, 0.3) is 0 Å². The topological polar surface area (TPSA) is 78.0 Å². The van der Waals surface area contributed by atoms with E-state index in [1.807, 2.05) is 63.9 Å². The van der Waals surface area contributed by atoms with Crippen molar-refractivity contribution in [2.24, 2.45) is 21.1 Å². The van der Waals surface area contributed by atoms with Gasteiger partial charge < -0.3 is 9.64 Å². The molecule has 0 bridgehead atoms. The van der Waals surface area contributed by atoms with Gasteiger partial charge in [0, 0.05) is 12.7 Å². The summed E-state index contributed by atoms with van der Waals surface area (Å²) in [6, 6.07) is 16.7. The van der Waals surface area contributed by atoms with Crippen LogP contribution in [-0.2, 0) is 9.53 Å². The average Bonchev–Trinajstić information content (AvgIpc) is 2.83. The Labute approximate surface area is 205 Å². The van der Waals surface area contributed by atoms with E-state index in [1.54, 1.807) is 24.3 Å². The number of benzene rings is 2. The Morgan fingerprint density at radius 2 is 1.47 bits per heavy atom. The normalized spacial score (nSPS) is 11.4. The molecule has 2 aromatic carbocycles. The lowest BCUT2D eigenvalue weighted by Crippen LogP contribution is -2.34. The number of carbonyl (C=O) groups excluding carboxylic acids is 1. The molecule has 184 valence electrons. The molecule has 0 saturated carbocycles. The van der Waals surface area contributed by atoms with Crippen LogP contribution in [0.5, 0.6) is 0 Å². The van der Waals surface area contributed by atoms with Crippen molar-refractivity contribution in [3.8, 4) is 6.07 Å². The Balaban J connectivity index is 0.00000281. The van der Waals surface area contributed by atoms with Gasteiger partial charge in [0.05, 0.1) is 35.0 Å². The summed E-state index contributed by atoms with van der Waals surface area (Å²) in [4.78, 5) is 14.6. The van der Waals surface area contributed by atoms with E-state index in [4.69, 9.17) is 10.00 Å². The summed E-state index contributed by atoms with van der Waals surface area (Å²) in [7, 11) is 1.96. The zero-order valence-corrected chi connectivity index (χ0v) is 22.1. The van der Waals surface area contributed by atoms with Crippen LogP contribution in [0.2, 0.25) is 0 Å². The maximum Gasteiger partial charge on any atom is 0.311 e. The highest BCUT2D eigenvalue weighted by atomic mass is 16.5. The van der Waals surface area contributed by atoms with Gasteiger partial charge in [-0.2, -0.15) is 15.5 Å². The minimum atomic E-state index is -0.500. The number of hydrogen-bond donors (Lipinski definition) is 0. The SMILES string of the molecule is CC.CCC(C)(C)CC(C)(C)C(=O)OCCN(C)c1ccc(N=Nc2ccc(C#N)cc2)cc1. The molecule has 6 nitrogen and oxygen atoms in total. The Bertz CT molecular complexity index is 955. The summed E-state index contributed by atoms with van der Waals surface area (Å²) in [6.07, 6.45) is 1.82. The molecule has 0 atom stereocenters. The fourth-order valence-electron chi connectivity index (χ4n) is 3.49. The minimum absolute atomic E-state index is 0.110. The lowest BCUT2D eigenvalue weighted by atomic mass is 9.74. The van der Waals surface area contributed by atoms with Crippen molar-refractivity contribution in [1.29, 1.82) is 5.26 Å². The highest BCUT2D eigenvalue weighted by Crippen LogP contribution is 2.36. The molecule has 0 aliphatic rings. The molecule has 0 spiro atoms. The molecule has 0 amide bonds. The monoisotopic (exact) mass is 464 g/mol. The zero-order chi connectivity index (χ0) is 25.8. The molecule has 0 unspecified atom stereocenters. The second-order valence-corrected chi connectivity index (χ2v) is 9.51. The van der Waals surface area contributed by atoms with Gasteiger partial charge in [-0.1, -0.05) is 41.0 Å². The number of ether oxygens (including phenoxy) is 1. The number of nitriles is 1. The van der Waals surface area contributed by atoms with Crippen molar-refractivity contribution in [3.63, 3.8) is 0 Å². The first kappa shape index (κ1) is 28.8. The van der Waals surface area contributed by atoms with Crippen LogP contribution in [-0.4, -0.2) is 26.2 Å². The molecule has 0 aliphatic carbocycles. The molecule has 0 saturated heterocycles. The molecule has 0 aromatic heterocycles. The molecule has 2 rings (SSSR count). The molecule has 0 aliphatic heterocycles. The first-order valence-corrected chi connectivity index (χ1v) is 12.0. The molecular formula is C28H40N4O2. The van der Waals surface area contributed by atoms with E-state index in [0.717, 1.165) is 24.2 Å². The largest absolute Gasteiger partial charge is 0.463 e. The predicted molar refractivity (Wildman–Crippen MR) is 140 cm³/mol. The molecular weight excluding hydrogens is 424 g/mol. The van der Waals surface area contributed by atoms with Crippen LogP contribution >= 0.6 is 0 Å². The lowest BCUT2D eigenvalue weighted by molar-refractivity contribution is -0.155. The average molecular weight is 465 g/mol. The van der Waals surface area contributed by atoms with Gasteiger partial charge in [0.15, 0.2) is 0 Å². The summed E-state index contributed by atoms with van der Waals surface area (Å²) in [5.41, 5.74) is 2.63.